The lowest BCUT2D eigenvalue weighted by atomic mass is 9.99. The highest BCUT2D eigenvalue weighted by atomic mass is 28.5. The van der Waals surface area contributed by atoms with Crippen molar-refractivity contribution < 1.29 is 32.3 Å². The van der Waals surface area contributed by atoms with Gasteiger partial charge in [0.05, 0.1) is 13.2 Å². The van der Waals surface area contributed by atoms with Gasteiger partial charge >= 0.3 is 22.8 Å². The highest BCUT2D eigenvalue weighted by molar-refractivity contribution is 6.84. The molecule has 2 saturated heterocycles. The van der Waals surface area contributed by atoms with Crippen molar-refractivity contribution in [1.82, 2.24) is 9.13 Å². The molecule has 11 nitrogen and oxygen atoms in total. The first-order valence-corrected chi connectivity index (χ1v) is 19.4. The van der Waals surface area contributed by atoms with E-state index in [-0.39, 0.29) is 42.1 Å². The number of carbonyl (C=O) groups excluding carboxylic acids is 1. The van der Waals surface area contributed by atoms with Gasteiger partial charge in [-0.05, 0) is 34.7 Å². The van der Waals surface area contributed by atoms with Crippen LogP contribution in [-0.2, 0) is 46.3 Å². The quantitative estimate of drug-likeness (QED) is 0.378. The molecule has 244 valence electrons. The molecule has 2 fully saturated rings. The molecule has 0 amide bonds. The van der Waals surface area contributed by atoms with Gasteiger partial charge in [0.2, 0.25) is 11.5 Å². The second kappa shape index (κ2) is 13.2. The molecule has 13 heteroatoms. The summed E-state index contributed by atoms with van der Waals surface area (Å²) in [4.78, 5) is 41.2. The van der Waals surface area contributed by atoms with Crippen molar-refractivity contribution in [2.45, 2.75) is 122 Å². The topological polar surface area (TPSA) is 127 Å². The van der Waals surface area contributed by atoms with Crippen LogP contribution in [0.1, 0.15) is 67.9 Å². The number of nitrogens with zero attached hydrogens (tertiary/aromatic N) is 2. The third-order valence-electron chi connectivity index (χ3n) is 8.93. The van der Waals surface area contributed by atoms with E-state index in [1.54, 1.807) is 0 Å². The first-order valence-electron chi connectivity index (χ1n) is 15.5. The summed E-state index contributed by atoms with van der Waals surface area (Å²) < 4.78 is 34.8. The predicted octanol–water partition coefficient (Wildman–Crippen LogP) is 4.14. The van der Waals surface area contributed by atoms with Crippen LogP contribution < -0.4 is 11.2 Å². The zero-order valence-corrected chi connectivity index (χ0v) is 29.3. The number of ketones is 1. The Bertz CT molecular complexity index is 1410. The molecule has 4 atom stereocenters. The molecule has 1 N–H and O–H groups in total. The van der Waals surface area contributed by atoms with Crippen molar-refractivity contribution in [3.8, 4) is 0 Å². The predicted molar refractivity (Wildman–Crippen MR) is 170 cm³/mol. The van der Waals surface area contributed by atoms with E-state index in [9.17, 15) is 19.5 Å². The highest BCUT2D eigenvalue weighted by Crippen LogP contribution is 2.48. The number of benzene rings is 1. The molecule has 0 aliphatic carbocycles. The zero-order chi connectivity index (χ0) is 32.6. The third-order valence-corrected chi connectivity index (χ3v) is 19.2. The average molecular weight is 649 g/mol. The lowest BCUT2D eigenvalue weighted by molar-refractivity contribution is -0.181. The number of aliphatic hydroxyl groups is 1. The second-order valence-corrected chi connectivity index (χ2v) is 21.9. The second-order valence-electron chi connectivity index (χ2n) is 13.1. The summed E-state index contributed by atoms with van der Waals surface area (Å²) >= 11 is 0. The van der Waals surface area contributed by atoms with Crippen molar-refractivity contribution in [2.24, 2.45) is 0 Å². The Morgan fingerprint density at radius 2 is 1.50 bits per heavy atom. The van der Waals surface area contributed by atoms with Gasteiger partial charge in [-0.15, -0.1) is 0 Å². The van der Waals surface area contributed by atoms with E-state index >= 15 is 0 Å². The van der Waals surface area contributed by atoms with E-state index in [1.807, 2.05) is 58.0 Å². The van der Waals surface area contributed by atoms with E-state index in [0.717, 1.165) is 20.8 Å². The smallest absolute Gasteiger partial charge is 0.335 e. The van der Waals surface area contributed by atoms with Crippen LogP contribution in [0.25, 0.3) is 0 Å². The van der Waals surface area contributed by atoms with Gasteiger partial charge in [-0.25, -0.2) is 9.36 Å². The van der Waals surface area contributed by atoms with Crippen molar-refractivity contribution in [1.29, 1.82) is 0 Å². The van der Waals surface area contributed by atoms with Crippen LogP contribution in [0.5, 0.6) is 0 Å². The Balaban J connectivity index is 1.79. The van der Waals surface area contributed by atoms with E-state index in [4.69, 9.17) is 22.4 Å². The number of hydrogen-bond donors (Lipinski definition) is 1. The van der Waals surface area contributed by atoms with Crippen molar-refractivity contribution in [2.75, 3.05) is 6.61 Å². The molecule has 2 aliphatic rings. The highest BCUT2D eigenvalue weighted by Gasteiger charge is 2.66. The Kier molecular flexibility index (Phi) is 10.4. The molecule has 44 heavy (non-hydrogen) atoms. The first kappa shape index (κ1) is 34.6. The maximum atomic E-state index is 14.5. The first-order chi connectivity index (χ1) is 20.6. The SMILES string of the molecule is CC(C)[Si]1(C(C)C)OC[C@H]2O[C@@]([C@H](C)O)(n3ccc(=O)n(COCc4ccccc4)c3=O)C(=O)[C@@H]2O[Si](C(C)C)(C(C)C)O1. The Morgan fingerprint density at radius 3 is 2.05 bits per heavy atom. The van der Waals surface area contributed by atoms with Crippen molar-refractivity contribution in [3.63, 3.8) is 0 Å². The van der Waals surface area contributed by atoms with Gasteiger partial charge in [0.25, 0.3) is 5.56 Å². The van der Waals surface area contributed by atoms with Crippen LogP contribution >= 0.6 is 0 Å². The fraction of sp³-hybridized carbons (Fsp3) is 0.645. The Hall–Kier alpha value is -2.24. The minimum Gasteiger partial charge on any atom is -0.414 e. The fourth-order valence-electron chi connectivity index (χ4n) is 6.50. The molecule has 0 bridgehead atoms. The van der Waals surface area contributed by atoms with Gasteiger partial charge in [0, 0.05) is 12.3 Å². The molecule has 4 rings (SSSR count). The zero-order valence-electron chi connectivity index (χ0n) is 27.3. The lowest BCUT2D eigenvalue weighted by Gasteiger charge is -2.50. The molecule has 1 aromatic heterocycles. The van der Waals surface area contributed by atoms with Gasteiger partial charge in [-0.3, -0.25) is 14.2 Å². The average Bonchev–Trinajstić information content (AvgIpc) is 3.21. The molecule has 0 spiro atoms. The summed E-state index contributed by atoms with van der Waals surface area (Å²) in [7, 11) is -6.13. The molecule has 1 aromatic carbocycles. The number of carbonyl (C=O) groups is 1. The maximum Gasteiger partial charge on any atom is 0.335 e. The monoisotopic (exact) mass is 648 g/mol. The summed E-state index contributed by atoms with van der Waals surface area (Å²) in [5.41, 5.74) is -2.70. The summed E-state index contributed by atoms with van der Waals surface area (Å²) in [6.45, 7) is 17.7. The largest absolute Gasteiger partial charge is 0.414 e. The van der Waals surface area contributed by atoms with Crippen molar-refractivity contribution in [3.05, 3.63) is 69.0 Å². The number of fused-ring (bicyclic) bond motifs is 1. The molecular formula is C31H48N2O9Si2. The molecule has 2 aromatic rings. The van der Waals surface area contributed by atoms with Gasteiger partial charge < -0.3 is 27.5 Å². The normalized spacial score (nSPS) is 25.8. The Labute approximate surface area is 261 Å². The Morgan fingerprint density at radius 1 is 0.909 bits per heavy atom. The van der Waals surface area contributed by atoms with Crippen LogP contribution in [0.2, 0.25) is 22.2 Å². The van der Waals surface area contributed by atoms with Gasteiger partial charge in [-0.1, -0.05) is 85.7 Å². The summed E-state index contributed by atoms with van der Waals surface area (Å²) in [6.07, 6.45) is -2.37. The molecular weight excluding hydrogens is 601 g/mol. The number of ether oxygens (including phenoxy) is 2. The van der Waals surface area contributed by atoms with Crippen LogP contribution in [0.4, 0.5) is 0 Å². The fourth-order valence-corrected chi connectivity index (χ4v) is 17.6. The number of Topliss-reactive ketones (excluding diaryl/α,β-unsaturated/α-hetero) is 1. The van der Waals surface area contributed by atoms with Gasteiger partial charge in [0.15, 0.2) is 0 Å². The van der Waals surface area contributed by atoms with Gasteiger partial charge in [0.1, 0.15) is 25.0 Å². The summed E-state index contributed by atoms with van der Waals surface area (Å²) in [5, 5.41) is 11.2. The number of hydrogen-bond acceptors (Lipinski definition) is 9. The minimum absolute atomic E-state index is 0.0112. The van der Waals surface area contributed by atoms with Crippen molar-refractivity contribution >= 4 is 22.9 Å². The van der Waals surface area contributed by atoms with Gasteiger partial charge in [-0.2, -0.15) is 0 Å². The standard InChI is InChI=1S/C31H48N2O9Si2/c1-20(2)43(21(3)4)39-18-26-28(41-44(42-43,22(5)6)23(7)8)29(36)31(40-26,24(9)34)33-16-15-27(35)32(30(33)37)19-38-17-25-13-11-10-12-14-25/h10-16,20-24,26,28,34H,17-19H2,1-9H3/t24-,26+,28+,31+/m0/s1. The number of aliphatic hydroxyl groups excluding tert-OH is 1. The van der Waals surface area contributed by atoms with E-state index < -0.39 is 58.2 Å². The molecule has 3 heterocycles. The summed E-state index contributed by atoms with van der Waals surface area (Å²) in [5.74, 6) is -0.622. The van der Waals surface area contributed by atoms with Crippen LogP contribution in [-0.4, -0.2) is 62.1 Å². The van der Waals surface area contributed by atoms with E-state index in [1.165, 1.54) is 13.1 Å². The molecule has 2 aliphatic heterocycles. The minimum atomic E-state index is -3.20. The lowest BCUT2D eigenvalue weighted by Crippen LogP contribution is -2.65. The molecule has 0 unspecified atom stereocenters. The van der Waals surface area contributed by atoms with E-state index in [0.29, 0.717) is 0 Å². The van der Waals surface area contributed by atoms with E-state index in [2.05, 4.69) is 27.7 Å². The van der Waals surface area contributed by atoms with Crippen LogP contribution in [0.3, 0.4) is 0 Å². The molecule has 0 radical (unpaired) electrons. The third kappa shape index (κ3) is 5.88. The maximum absolute atomic E-state index is 14.5. The number of aromatic nitrogens is 2. The van der Waals surface area contributed by atoms with Crippen LogP contribution in [0.15, 0.2) is 52.2 Å². The molecule has 0 saturated carbocycles. The summed E-state index contributed by atoms with van der Waals surface area (Å²) in [6, 6.07) is 10.5. The van der Waals surface area contributed by atoms with Crippen LogP contribution in [0, 0.1) is 0 Å². The number of rotatable bonds is 10.